The lowest BCUT2D eigenvalue weighted by Crippen LogP contribution is -2.42. The van der Waals surface area contributed by atoms with E-state index in [-0.39, 0.29) is 11.4 Å². The molecule has 22 heavy (non-hydrogen) atoms. The van der Waals surface area contributed by atoms with Crippen LogP contribution in [0, 0.1) is 5.92 Å². The molecule has 1 aromatic rings. The molecule has 0 amide bonds. The molecule has 1 N–H and O–H groups in total. The van der Waals surface area contributed by atoms with E-state index in [9.17, 15) is 13.2 Å². The first kappa shape index (κ1) is 16.9. The third-order valence-electron chi connectivity index (χ3n) is 3.89. The van der Waals surface area contributed by atoms with Crippen LogP contribution in [-0.4, -0.2) is 50.6 Å². The fourth-order valence-corrected chi connectivity index (χ4v) is 4.08. The molecule has 1 saturated heterocycles. The zero-order chi connectivity index (χ0) is 16.2. The Kier molecular flexibility index (Phi) is 5.55. The first-order valence-electron chi connectivity index (χ1n) is 7.26. The normalized spacial score (nSPS) is 20.0. The molecule has 0 saturated carbocycles. The van der Waals surface area contributed by atoms with E-state index in [1.807, 2.05) is 0 Å². The van der Waals surface area contributed by atoms with Gasteiger partial charge >= 0.3 is 5.97 Å². The zero-order valence-corrected chi connectivity index (χ0v) is 13.4. The summed E-state index contributed by atoms with van der Waals surface area (Å²) in [5.74, 6) is -1.56. The first-order chi connectivity index (χ1) is 10.4. The van der Waals surface area contributed by atoms with E-state index in [4.69, 9.17) is 9.84 Å². The van der Waals surface area contributed by atoms with E-state index in [1.165, 1.54) is 4.31 Å². The maximum absolute atomic E-state index is 12.6. The van der Waals surface area contributed by atoms with Gasteiger partial charge in [0, 0.05) is 20.2 Å². The van der Waals surface area contributed by atoms with Crippen LogP contribution in [0.3, 0.4) is 0 Å². The fraction of sp³-hybridized carbons (Fsp3) is 0.533. The van der Waals surface area contributed by atoms with E-state index >= 15 is 0 Å². The third-order valence-corrected chi connectivity index (χ3v) is 5.77. The molecule has 0 radical (unpaired) electrons. The van der Waals surface area contributed by atoms with Crippen LogP contribution >= 0.6 is 0 Å². The van der Waals surface area contributed by atoms with Gasteiger partial charge in [-0.15, -0.1) is 0 Å². The number of benzene rings is 1. The highest BCUT2D eigenvalue weighted by atomic mass is 32.2. The Morgan fingerprint density at radius 2 is 2.05 bits per heavy atom. The number of carbonyl (C=O) groups is 1. The van der Waals surface area contributed by atoms with E-state index in [2.05, 4.69) is 0 Å². The quantitative estimate of drug-likeness (QED) is 0.853. The maximum atomic E-state index is 12.6. The third kappa shape index (κ3) is 3.85. The molecule has 0 aromatic heterocycles. The molecule has 1 atom stereocenters. The largest absolute Gasteiger partial charge is 0.481 e. The molecule has 0 spiro atoms. The first-order valence-corrected chi connectivity index (χ1v) is 8.70. The Labute approximate surface area is 130 Å². The van der Waals surface area contributed by atoms with Crippen LogP contribution < -0.4 is 0 Å². The average Bonchev–Trinajstić information content (AvgIpc) is 2.53. The Morgan fingerprint density at radius 3 is 2.64 bits per heavy atom. The Balaban J connectivity index is 2.13. The van der Waals surface area contributed by atoms with Crippen LogP contribution in [-0.2, 0) is 26.0 Å². The lowest BCUT2D eigenvalue weighted by molar-refractivity contribution is -0.142. The molecular formula is C15H21NO5S. The van der Waals surface area contributed by atoms with E-state index in [0.29, 0.717) is 26.0 Å². The van der Waals surface area contributed by atoms with Crippen molar-refractivity contribution in [3.63, 3.8) is 0 Å². The van der Waals surface area contributed by atoms with Crippen molar-refractivity contribution < 1.29 is 23.1 Å². The minimum atomic E-state index is -3.63. The fourth-order valence-electron chi connectivity index (χ4n) is 2.56. The highest BCUT2D eigenvalue weighted by Gasteiger charge is 2.33. The van der Waals surface area contributed by atoms with Crippen molar-refractivity contribution in [1.29, 1.82) is 0 Å². The minimum Gasteiger partial charge on any atom is -0.481 e. The summed E-state index contributed by atoms with van der Waals surface area (Å²) in [6.07, 6.45) is 1.82. The van der Waals surface area contributed by atoms with Crippen molar-refractivity contribution in [3.05, 3.63) is 29.8 Å². The SMILES string of the molecule is COCCc1ccc(S(=O)(=O)N2CCCC(C(=O)O)C2)cc1. The second-order valence-electron chi connectivity index (χ2n) is 5.43. The van der Waals surface area contributed by atoms with Crippen molar-refractivity contribution in [2.24, 2.45) is 5.92 Å². The molecule has 7 heteroatoms. The van der Waals surface area contributed by atoms with Crippen molar-refractivity contribution in [2.45, 2.75) is 24.2 Å². The number of aliphatic carboxylic acids is 1. The van der Waals surface area contributed by atoms with Gasteiger partial charge in [0.2, 0.25) is 10.0 Å². The maximum Gasteiger partial charge on any atom is 0.307 e. The molecular weight excluding hydrogens is 306 g/mol. The molecule has 1 aromatic carbocycles. The summed E-state index contributed by atoms with van der Waals surface area (Å²) < 4.78 is 31.4. The van der Waals surface area contributed by atoms with Gasteiger partial charge in [-0.25, -0.2) is 8.42 Å². The van der Waals surface area contributed by atoms with Gasteiger partial charge in [0.05, 0.1) is 17.4 Å². The molecule has 122 valence electrons. The van der Waals surface area contributed by atoms with Crippen molar-refractivity contribution >= 4 is 16.0 Å². The number of methoxy groups -OCH3 is 1. The van der Waals surface area contributed by atoms with Crippen molar-refractivity contribution in [1.82, 2.24) is 4.31 Å². The van der Waals surface area contributed by atoms with Gasteiger partial charge in [0.25, 0.3) is 0 Å². The van der Waals surface area contributed by atoms with Gasteiger partial charge in [-0.3, -0.25) is 4.79 Å². The topological polar surface area (TPSA) is 83.9 Å². The van der Waals surface area contributed by atoms with E-state index in [1.54, 1.807) is 31.4 Å². The van der Waals surface area contributed by atoms with Gasteiger partial charge < -0.3 is 9.84 Å². The smallest absolute Gasteiger partial charge is 0.307 e. The molecule has 6 nitrogen and oxygen atoms in total. The van der Waals surface area contributed by atoms with Gasteiger partial charge in [-0.1, -0.05) is 12.1 Å². The van der Waals surface area contributed by atoms with E-state index < -0.39 is 21.9 Å². The number of hydrogen-bond acceptors (Lipinski definition) is 4. The van der Waals surface area contributed by atoms with Gasteiger partial charge in [-0.05, 0) is 37.0 Å². The highest BCUT2D eigenvalue weighted by molar-refractivity contribution is 7.89. The summed E-state index contributed by atoms with van der Waals surface area (Å²) >= 11 is 0. The lowest BCUT2D eigenvalue weighted by Gasteiger charge is -2.29. The summed E-state index contributed by atoms with van der Waals surface area (Å²) in [6.45, 7) is 0.999. The summed E-state index contributed by atoms with van der Waals surface area (Å²) in [5, 5.41) is 9.08. The number of hydrogen-bond donors (Lipinski definition) is 1. The van der Waals surface area contributed by atoms with Gasteiger partial charge in [0.1, 0.15) is 0 Å². The molecule has 1 unspecified atom stereocenters. The minimum absolute atomic E-state index is 0.0447. The van der Waals surface area contributed by atoms with Crippen LogP contribution in [0.15, 0.2) is 29.2 Å². The molecule has 1 fully saturated rings. The number of carboxylic acids is 1. The summed E-state index contributed by atoms with van der Waals surface area (Å²) in [6, 6.07) is 6.68. The standard InChI is InChI=1S/C15H21NO5S/c1-21-10-8-12-4-6-14(7-5-12)22(19,20)16-9-2-3-13(11-16)15(17)18/h4-7,13H,2-3,8-11H2,1H3,(H,17,18). The molecule has 0 aliphatic carbocycles. The number of carboxylic acid groups (broad SMARTS) is 1. The van der Waals surface area contributed by atoms with Crippen molar-refractivity contribution in [3.8, 4) is 0 Å². The Bertz CT molecular complexity index is 611. The molecule has 2 rings (SSSR count). The number of ether oxygens (including phenoxy) is 1. The van der Waals surface area contributed by atoms with Gasteiger partial charge in [0.15, 0.2) is 0 Å². The average molecular weight is 327 g/mol. The molecule has 1 heterocycles. The van der Waals surface area contributed by atoms with Crippen LogP contribution in [0.25, 0.3) is 0 Å². The lowest BCUT2D eigenvalue weighted by atomic mass is 10.0. The Morgan fingerprint density at radius 1 is 1.36 bits per heavy atom. The van der Waals surface area contributed by atoms with Crippen molar-refractivity contribution in [2.75, 3.05) is 26.8 Å². The summed E-state index contributed by atoms with van der Waals surface area (Å²) in [5.41, 5.74) is 1.00. The molecule has 1 aliphatic heterocycles. The number of nitrogens with zero attached hydrogens (tertiary/aromatic N) is 1. The zero-order valence-electron chi connectivity index (χ0n) is 12.6. The molecule has 1 aliphatic rings. The van der Waals surface area contributed by atoms with Crippen LogP contribution in [0.1, 0.15) is 18.4 Å². The van der Waals surface area contributed by atoms with Crippen LogP contribution in [0.2, 0.25) is 0 Å². The summed E-state index contributed by atoms with van der Waals surface area (Å²) in [4.78, 5) is 11.3. The number of sulfonamides is 1. The number of rotatable bonds is 6. The second kappa shape index (κ2) is 7.21. The number of piperidine rings is 1. The van der Waals surface area contributed by atoms with Crippen LogP contribution in [0.5, 0.6) is 0 Å². The molecule has 0 bridgehead atoms. The van der Waals surface area contributed by atoms with Crippen LogP contribution in [0.4, 0.5) is 0 Å². The summed E-state index contributed by atoms with van der Waals surface area (Å²) in [7, 11) is -2.01. The monoisotopic (exact) mass is 327 g/mol. The van der Waals surface area contributed by atoms with Gasteiger partial charge in [-0.2, -0.15) is 4.31 Å². The second-order valence-corrected chi connectivity index (χ2v) is 7.37. The van der Waals surface area contributed by atoms with E-state index in [0.717, 1.165) is 12.0 Å². The predicted molar refractivity (Wildman–Crippen MR) is 81.1 cm³/mol. The Hall–Kier alpha value is -1.44. The predicted octanol–water partition coefficient (Wildman–Crippen LogP) is 1.36. The highest BCUT2D eigenvalue weighted by Crippen LogP contribution is 2.24.